The number of nitrogens with zero attached hydrogens (tertiary/aromatic N) is 2. The Balaban J connectivity index is 3.67. The van der Waals surface area contributed by atoms with Crippen LogP contribution in [0.15, 0.2) is 21.8 Å². The maximum Gasteiger partial charge on any atom is 0.114 e. The van der Waals surface area contributed by atoms with Crippen molar-refractivity contribution in [3.05, 3.63) is 11.8 Å². The van der Waals surface area contributed by atoms with Crippen LogP contribution < -0.4 is 5.73 Å². The average molecular weight is 125 g/mol. The van der Waals surface area contributed by atoms with Crippen LogP contribution in [0.3, 0.4) is 0 Å². The van der Waals surface area contributed by atoms with E-state index < -0.39 is 0 Å². The molecule has 0 aromatic heterocycles. The molecule has 0 aromatic rings. The predicted molar refractivity (Wildman–Crippen MR) is 40.9 cm³/mol. The van der Waals surface area contributed by atoms with Gasteiger partial charge in [0.05, 0.1) is 0 Å². The van der Waals surface area contributed by atoms with Crippen LogP contribution in [-0.2, 0) is 0 Å². The van der Waals surface area contributed by atoms with E-state index in [2.05, 4.69) is 16.7 Å². The van der Waals surface area contributed by atoms with Crippen LogP contribution in [0.2, 0.25) is 0 Å². The molecule has 2 N–H and O–H groups in total. The van der Waals surface area contributed by atoms with E-state index in [1.807, 2.05) is 6.92 Å². The number of nitrogens with two attached hydrogens (primary N) is 1. The molecule has 0 aliphatic heterocycles. The van der Waals surface area contributed by atoms with E-state index in [-0.39, 0.29) is 0 Å². The third-order valence-corrected chi connectivity index (χ3v) is 0.765. The molecule has 0 radical (unpaired) electrons. The first-order valence-electron chi connectivity index (χ1n) is 2.64. The van der Waals surface area contributed by atoms with Gasteiger partial charge in [0.1, 0.15) is 6.34 Å². The molecule has 3 nitrogen and oxygen atoms in total. The molecule has 0 aliphatic carbocycles. The summed E-state index contributed by atoms with van der Waals surface area (Å²) in [7, 11) is 0. The van der Waals surface area contributed by atoms with E-state index >= 15 is 0 Å². The molecule has 50 valence electrons. The smallest absolute Gasteiger partial charge is 0.114 e. The first kappa shape index (κ1) is 8.04. The lowest BCUT2D eigenvalue weighted by Crippen LogP contribution is -1.98. The second kappa shape index (κ2) is 5.18. The summed E-state index contributed by atoms with van der Waals surface area (Å²) in [6.07, 6.45) is 3.04. The molecule has 0 bridgehead atoms. The van der Waals surface area contributed by atoms with Gasteiger partial charge < -0.3 is 5.73 Å². The Bertz CT molecular complexity index is 135. The normalized spacial score (nSPS) is 12.4. The minimum Gasteiger partial charge on any atom is -0.327 e. The highest BCUT2D eigenvalue weighted by atomic mass is 14.8. The van der Waals surface area contributed by atoms with Crippen molar-refractivity contribution >= 4 is 13.1 Å². The number of rotatable bonds is 3. The van der Waals surface area contributed by atoms with Gasteiger partial charge in [-0.25, -0.2) is 4.99 Å². The highest BCUT2D eigenvalue weighted by Crippen LogP contribution is 1.86. The van der Waals surface area contributed by atoms with Gasteiger partial charge in [-0.1, -0.05) is 0 Å². The fourth-order valence-electron chi connectivity index (χ4n) is 0.260. The molecular formula is C6H11N3. The van der Waals surface area contributed by atoms with Gasteiger partial charge in [-0.3, -0.25) is 4.99 Å². The molecule has 0 aromatic carbocycles. The molecular weight excluding hydrogens is 114 g/mol. The minimum absolute atomic E-state index is 0.536. The van der Waals surface area contributed by atoms with Crippen LogP contribution in [0.5, 0.6) is 0 Å². The molecule has 0 unspecified atom stereocenters. The summed E-state index contributed by atoms with van der Waals surface area (Å²) in [6, 6.07) is 0. The van der Waals surface area contributed by atoms with Gasteiger partial charge in [0.15, 0.2) is 0 Å². The number of hydrogen-bond donors (Lipinski definition) is 1. The van der Waals surface area contributed by atoms with Crippen molar-refractivity contribution in [1.82, 2.24) is 0 Å². The average Bonchev–Trinajstić information content (AvgIpc) is 1.89. The molecule has 0 atom stereocenters. The van der Waals surface area contributed by atoms with Crippen molar-refractivity contribution < 1.29 is 0 Å². The molecule has 0 aliphatic rings. The topological polar surface area (TPSA) is 50.7 Å². The van der Waals surface area contributed by atoms with Crippen molar-refractivity contribution in [2.75, 3.05) is 6.54 Å². The van der Waals surface area contributed by atoms with Gasteiger partial charge in [-0.05, 0) is 19.2 Å². The van der Waals surface area contributed by atoms with Crippen molar-refractivity contribution in [3.8, 4) is 0 Å². The molecule has 0 saturated heterocycles. The van der Waals surface area contributed by atoms with Gasteiger partial charge in [-0.2, -0.15) is 0 Å². The maximum absolute atomic E-state index is 5.27. The summed E-state index contributed by atoms with van der Waals surface area (Å²) >= 11 is 0. The lowest BCUT2D eigenvalue weighted by Gasteiger charge is -1.87. The van der Waals surface area contributed by atoms with Crippen LogP contribution >= 0.6 is 0 Å². The molecule has 0 fully saturated rings. The Hall–Kier alpha value is -0.960. The van der Waals surface area contributed by atoms with Gasteiger partial charge in [0.2, 0.25) is 0 Å². The van der Waals surface area contributed by atoms with Crippen molar-refractivity contribution in [2.24, 2.45) is 15.7 Å². The lowest BCUT2D eigenvalue weighted by atomic mass is 10.3. The molecule has 0 amide bonds. The molecule has 9 heavy (non-hydrogen) atoms. The third-order valence-electron chi connectivity index (χ3n) is 0.765. The first-order chi connectivity index (χ1) is 4.31. The largest absolute Gasteiger partial charge is 0.327 e. The first-order valence-corrected chi connectivity index (χ1v) is 2.64. The Morgan fingerprint density at radius 2 is 2.44 bits per heavy atom. The molecule has 0 saturated carbocycles. The zero-order chi connectivity index (χ0) is 7.11. The quantitative estimate of drug-likeness (QED) is 0.435. The van der Waals surface area contributed by atoms with E-state index in [4.69, 9.17) is 5.73 Å². The summed E-state index contributed by atoms with van der Waals surface area (Å²) in [5.41, 5.74) is 6.29. The monoisotopic (exact) mass is 125 g/mol. The standard InChI is InChI=1S/C6H11N3/c1-6(3-7)4-9-5-8-2/h4-5H,2-3,7H2,1H3/b6-4+,9-5?. The van der Waals surface area contributed by atoms with Crippen LogP contribution in [0.25, 0.3) is 0 Å². The number of hydrogen-bond acceptors (Lipinski definition) is 2. The summed E-state index contributed by atoms with van der Waals surface area (Å²) in [5.74, 6) is 0. The summed E-state index contributed by atoms with van der Waals surface area (Å²) < 4.78 is 0. The van der Waals surface area contributed by atoms with Crippen LogP contribution in [0.4, 0.5) is 0 Å². The zero-order valence-corrected chi connectivity index (χ0v) is 5.54. The maximum atomic E-state index is 5.27. The number of aliphatic imine (C=N–C) groups is 2. The van der Waals surface area contributed by atoms with E-state index in [1.54, 1.807) is 6.20 Å². The summed E-state index contributed by atoms with van der Waals surface area (Å²) in [5, 5.41) is 0. The van der Waals surface area contributed by atoms with Crippen molar-refractivity contribution in [2.45, 2.75) is 6.92 Å². The molecule has 0 spiro atoms. The van der Waals surface area contributed by atoms with Crippen LogP contribution in [0, 0.1) is 0 Å². The van der Waals surface area contributed by atoms with Gasteiger partial charge in [0, 0.05) is 12.7 Å². The summed E-state index contributed by atoms with van der Waals surface area (Å²) in [6.45, 7) is 5.66. The van der Waals surface area contributed by atoms with E-state index in [9.17, 15) is 0 Å². The second-order valence-corrected chi connectivity index (χ2v) is 1.63. The Kier molecular flexibility index (Phi) is 4.63. The van der Waals surface area contributed by atoms with Gasteiger partial charge in [0.25, 0.3) is 0 Å². The summed E-state index contributed by atoms with van der Waals surface area (Å²) in [4.78, 5) is 7.18. The van der Waals surface area contributed by atoms with Crippen LogP contribution in [0.1, 0.15) is 6.92 Å². The minimum atomic E-state index is 0.536. The lowest BCUT2D eigenvalue weighted by molar-refractivity contribution is 1.12. The van der Waals surface area contributed by atoms with E-state index in [0.717, 1.165) is 5.57 Å². The van der Waals surface area contributed by atoms with Crippen LogP contribution in [-0.4, -0.2) is 19.6 Å². The highest BCUT2D eigenvalue weighted by Gasteiger charge is 1.77. The Labute approximate surface area is 55.0 Å². The Morgan fingerprint density at radius 1 is 1.78 bits per heavy atom. The van der Waals surface area contributed by atoms with Crippen molar-refractivity contribution in [3.63, 3.8) is 0 Å². The fraction of sp³-hybridized carbons (Fsp3) is 0.333. The zero-order valence-electron chi connectivity index (χ0n) is 5.54. The van der Waals surface area contributed by atoms with Gasteiger partial charge in [-0.15, -0.1) is 0 Å². The Morgan fingerprint density at radius 3 is 2.89 bits per heavy atom. The third kappa shape index (κ3) is 4.90. The highest BCUT2D eigenvalue weighted by molar-refractivity contribution is 5.62. The van der Waals surface area contributed by atoms with Crippen molar-refractivity contribution in [1.29, 1.82) is 0 Å². The second-order valence-electron chi connectivity index (χ2n) is 1.63. The van der Waals surface area contributed by atoms with Gasteiger partial charge >= 0.3 is 0 Å². The fourth-order valence-corrected chi connectivity index (χ4v) is 0.260. The molecule has 0 rings (SSSR count). The van der Waals surface area contributed by atoms with E-state index in [0.29, 0.717) is 6.54 Å². The predicted octanol–water partition coefficient (Wildman–Crippen LogP) is 0.578. The van der Waals surface area contributed by atoms with E-state index in [1.165, 1.54) is 6.34 Å². The molecule has 3 heteroatoms. The molecule has 0 heterocycles. The SMILES string of the molecule is C=NC=N/C=C(\C)CN.